The van der Waals surface area contributed by atoms with Gasteiger partial charge in [0.25, 0.3) is 0 Å². The Bertz CT molecular complexity index is 362. The highest BCUT2D eigenvalue weighted by atomic mass is 16.3. The molecule has 0 spiro atoms. The van der Waals surface area contributed by atoms with Crippen LogP contribution in [0, 0.1) is 12.3 Å². The molecular formula is C12H18N2O. The molecule has 2 atom stereocenters. The third-order valence-electron chi connectivity index (χ3n) is 3.54. The number of aliphatic hydroxyl groups is 1. The number of aliphatic hydroxyl groups excluding tert-OH is 1. The van der Waals surface area contributed by atoms with E-state index in [4.69, 9.17) is 0 Å². The second kappa shape index (κ2) is 3.49. The minimum atomic E-state index is -0.195. The summed E-state index contributed by atoms with van der Waals surface area (Å²) in [6.45, 7) is 6.20. The van der Waals surface area contributed by atoms with Gasteiger partial charge in [0.15, 0.2) is 0 Å². The molecule has 0 radical (unpaired) electrons. The molecule has 0 amide bonds. The molecule has 2 N–H and O–H groups in total. The quantitative estimate of drug-likeness (QED) is 0.777. The molecule has 1 saturated carbocycles. The standard InChI is InChI=1S/C12H18N2O/c1-8-5-4-6-13-11(8)14-9-7-10(15)12(9,2)3/h4-6,9-10,15H,7H2,1-3H3,(H,13,14). The Balaban J connectivity index is 2.08. The highest BCUT2D eigenvalue weighted by Crippen LogP contribution is 2.42. The lowest BCUT2D eigenvalue weighted by Gasteiger charge is -2.49. The molecule has 3 heteroatoms. The van der Waals surface area contributed by atoms with Crippen LogP contribution in [0.5, 0.6) is 0 Å². The largest absolute Gasteiger partial charge is 0.392 e. The Morgan fingerprint density at radius 3 is 2.80 bits per heavy atom. The second-order valence-electron chi connectivity index (χ2n) is 4.94. The maximum absolute atomic E-state index is 9.63. The zero-order valence-corrected chi connectivity index (χ0v) is 9.49. The molecule has 3 nitrogen and oxygen atoms in total. The van der Waals surface area contributed by atoms with Crippen LogP contribution >= 0.6 is 0 Å². The van der Waals surface area contributed by atoms with E-state index in [1.54, 1.807) is 6.20 Å². The molecule has 2 unspecified atom stereocenters. The van der Waals surface area contributed by atoms with Gasteiger partial charge in [-0.15, -0.1) is 0 Å². The van der Waals surface area contributed by atoms with Gasteiger partial charge in [-0.1, -0.05) is 19.9 Å². The van der Waals surface area contributed by atoms with Gasteiger partial charge in [0, 0.05) is 17.7 Å². The zero-order valence-electron chi connectivity index (χ0n) is 9.49. The molecule has 1 aromatic heterocycles. The number of aromatic nitrogens is 1. The van der Waals surface area contributed by atoms with E-state index >= 15 is 0 Å². The SMILES string of the molecule is Cc1cccnc1NC1CC(O)C1(C)C. The summed E-state index contributed by atoms with van der Waals surface area (Å²) in [5, 5.41) is 13.0. The number of hydrogen-bond donors (Lipinski definition) is 2. The van der Waals surface area contributed by atoms with Crippen molar-refractivity contribution in [3.05, 3.63) is 23.9 Å². The van der Waals surface area contributed by atoms with Crippen molar-refractivity contribution in [2.75, 3.05) is 5.32 Å². The second-order valence-corrected chi connectivity index (χ2v) is 4.94. The minimum absolute atomic E-state index is 0.0516. The van der Waals surface area contributed by atoms with Gasteiger partial charge in [0.1, 0.15) is 5.82 Å². The lowest BCUT2D eigenvalue weighted by molar-refractivity contribution is -0.0511. The third kappa shape index (κ3) is 1.72. The molecule has 1 aliphatic rings. The molecule has 1 aliphatic carbocycles. The van der Waals surface area contributed by atoms with Crippen LogP contribution in [0.15, 0.2) is 18.3 Å². The molecule has 0 aliphatic heterocycles. The first-order valence-corrected chi connectivity index (χ1v) is 5.38. The summed E-state index contributed by atoms with van der Waals surface area (Å²) >= 11 is 0. The van der Waals surface area contributed by atoms with Crippen LogP contribution in [0.3, 0.4) is 0 Å². The number of rotatable bonds is 2. The smallest absolute Gasteiger partial charge is 0.129 e. The normalized spacial score (nSPS) is 28.3. The summed E-state index contributed by atoms with van der Waals surface area (Å²) in [5.74, 6) is 0.933. The van der Waals surface area contributed by atoms with E-state index in [1.807, 2.05) is 19.1 Å². The van der Waals surface area contributed by atoms with Gasteiger partial charge in [0.2, 0.25) is 0 Å². The van der Waals surface area contributed by atoms with Crippen LogP contribution in [0.2, 0.25) is 0 Å². The Morgan fingerprint density at radius 2 is 2.27 bits per heavy atom. The summed E-state index contributed by atoms with van der Waals surface area (Å²) < 4.78 is 0. The van der Waals surface area contributed by atoms with Gasteiger partial charge in [-0.05, 0) is 25.0 Å². The number of aryl methyl sites for hydroxylation is 1. The van der Waals surface area contributed by atoms with Crippen molar-refractivity contribution in [3.8, 4) is 0 Å². The van der Waals surface area contributed by atoms with E-state index in [0.29, 0.717) is 6.04 Å². The fourth-order valence-corrected chi connectivity index (χ4v) is 1.95. The summed E-state index contributed by atoms with van der Waals surface area (Å²) in [6.07, 6.45) is 2.40. The maximum atomic E-state index is 9.63. The first-order valence-electron chi connectivity index (χ1n) is 5.38. The molecule has 2 rings (SSSR count). The molecule has 15 heavy (non-hydrogen) atoms. The van der Waals surface area contributed by atoms with E-state index < -0.39 is 0 Å². The van der Waals surface area contributed by atoms with Crippen molar-refractivity contribution >= 4 is 5.82 Å². The van der Waals surface area contributed by atoms with Crippen LogP contribution in [0.4, 0.5) is 5.82 Å². The number of nitrogens with zero attached hydrogens (tertiary/aromatic N) is 1. The van der Waals surface area contributed by atoms with Crippen molar-refractivity contribution in [1.29, 1.82) is 0 Å². The van der Waals surface area contributed by atoms with Gasteiger partial charge in [0.05, 0.1) is 6.10 Å². The number of nitrogens with one attached hydrogen (secondary N) is 1. The van der Waals surface area contributed by atoms with Crippen LogP contribution in [0.1, 0.15) is 25.8 Å². The molecule has 1 heterocycles. The summed E-state index contributed by atoms with van der Waals surface area (Å²) in [6, 6.07) is 4.29. The Hall–Kier alpha value is -1.09. The van der Waals surface area contributed by atoms with Crippen molar-refractivity contribution < 1.29 is 5.11 Å². The van der Waals surface area contributed by atoms with Crippen molar-refractivity contribution in [2.24, 2.45) is 5.41 Å². The van der Waals surface area contributed by atoms with Crippen LogP contribution in [-0.2, 0) is 0 Å². The first-order chi connectivity index (χ1) is 7.01. The van der Waals surface area contributed by atoms with E-state index in [-0.39, 0.29) is 11.5 Å². The average Bonchev–Trinajstić information content (AvgIpc) is 2.20. The fraction of sp³-hybridized carbons (Fsp3) is 0.583. The van der Waals surface area contributed by atoms with Gasteiger partial charge in [-0.3, -0.25) is 0 Å². The first kappa shape index (κ1) is 10.4. The Labute approximate surface area is 90.5 Å². The molecule has 0 aromatic carbocycles. The van der Waals surface area contributed by atoms with Gasteiger partial charge in [-0.25, -0.2) is 4.98 Å². The van der Waals surface area contributed by atoms with E-state index in [9.17, 15) is 5.11 Å². The van der Waals surface area contributed by atoms with Gasteiger partial charge < -0.3 is 10.4 Å². The van der Waals surface area contributed by atoms with E-state index in [1.165, 1.54) is 0 Å². The molecule has 0 bridgehead atoms. The lowest BCUT2D eigenvalue weighted by atomic mass is 9.64. The van der Waals surface area contributed by atoms with Gasteiger partial charge >= 0.3 is 0 Å². The highest BCUT2D eigenvalue weighted by molar-refractivity contribution is 5.44. The lowest BCUT2D eigenvalue weighted by Crippen LogP contribution is -2.57. The molecule has 82 valence electrons. The predicted octanol–water partition coefficient (Wildman–Crippen LogP) is 1.96. The zero-order chi connectivity index (χ0) is 11.1. The highest BCUT2D eigenvalue weighted by Gasteiger charge is 2.47. The van der Waals surface area contributed by atoms with Crippen LogP contribution < -0.4 is 5.32 Å². The molecule has 1 aromatic rings. The average molecular weight is 206 g/mol. The summed E-state index contributed by atoms with van der Waals surface area (Å²) in [4.78, 5) is 4.30. The third-order valence-corrected chi connectivity index (χ3v) is 3.54. The van der Waals surface area contributed by atoms with E-state index in [2.05, 4.69) is 24.1 Å². The molecular weight excluding hydrogens is 188 g/mol. The summed E-state index contributed by atoms with van der Waals surface area (Å²) in [5.41, 5.74) is 1.10. The van der Waals surface area contributed by atoms with Crippen molar-refractivity contribution in [3.63, 3.8) is 0 Å². The Morgan fingerprint density at radius 1 is 1.53 bits per heavy atom. The monoisotopic (exact) mass is 206 g/mol. The topological polar surface area (TPSA) is 45.2 Å². The molecule has 1 fully saturated rings. The van der Waals surface area contributed by atoms with E-state index in [0.717, 1.165) is 17.8 Å². The number of pyridine rings is 1. The minimum Gasteiger partial charge on any atom is -0.392 e. The maximum Gasteiger partial charge on any atom is 0.129 e. The van der Waals surface area contributed by atoms with Gasteiger partial charge in [-0.2, -0.15) is 0 Å². The predicted molar refractivity (Wildman–Crippen MR) is 60.8 cm³/mol. The molecule has 0 saturated heterocycles. The van der Waals surface area contributed by atoms with Crippen molar-refractivity contribution in [2.45, 2.75) is 39.3 Å². The van der Waals surface area contributed by atoms with Crippen molar-refractivity contribution in [1.82, 2.24) is 4.98 Å². The number of anilines is 1. The summed E-state index contributed by atoms with van der Waals surface area (Å²) in [7, 11) is 0. The fourth-order valence-electron chi connectivity index (χ4n) is 1.95. The van der Waals surface area contributed by atoms with Crippen LogP contribution in [-0.4, -0.2) is 22.2 Å². The number of hydrogen-bond acceptors (Lipinski definition) is 3. The Kier molecular flexibility index (Phi) is 2.43. The van der Waals surface area contributed by atoms with Crippen LogP contribution in [0.25, 0.3) is 0 Å².